The molecule has 2 aliphatic heterocycles. The Morgan fingerprint density at radius 3 is 2.75 bits per heavy atom. The average molecular weight is 343 g/mol. The van der Waals surface area contributed by atoms with E-state index in [9.17, 15) is 5.26 Å². The van der Waals surface area contributed by atoms with Gasteiger partial charge in [0.05, 0.1) is 12.2 Å². The molecule has 0 N–H and O–H groups in total. The van der Waals surface area contributed by atoms with Crippen molar-refractivity contribution < 1.29 is 0 Å². The number of fused-ring (bicyclic) bond motifs is 1. The fourth-order valence-corrected chi connectivity index (χ4v) is 4.39. The number of hydrogen-bond acceptors (Lipinski definition) is 7. The summed E-state index contributed by atoms with van der Waals surface area (Å²) < 4.78 is 6.63. The molecule has 4 rings (SSSR count). The predicted molar refractivity (Wildman–Crippen MR) is 92.0 cm³/mol. The average Bonchev–Trinajstić information content (AvgIpc) is 3.19. The Morgan fingerprint density at radius 2 is 1.96 bits per heavy atom. The monoisotopic (exact) mass is 343 g/mol. The molecule has 1 fully saturated rings. The number of piperazine rings is 1. The molecule has 0 spiro atoms. The van der Waals surface area contributed by atoms with Crippen molar-refractivity contribution in [2.75, 3.05) is 31.1 Å². The second-order valence-corrected chi connectivity index (χ2v) is 7.22. The lowest BCUT2D eigenvalue weighted by Crippen LogP contribution is -2.46. The van der Waals surface area contributed by atoms with Crippen molar-refractivity contribution >= 4 is 16.5 Å². The lowest BCUT2D eigenvalue weighted by molar-refractivity contribution is 0.239. The van der Waals surface area contributed by atoms with Gasteiger partial charge >= 0.3 is 0 Å². The number of anilines is 1. The van der Waals surface area contributed by atoms with Crippen LogP contribution in [-0.4, -0.2) is 50.2 Å². The topological polar surface area (TPSA) is 73.9 Å². The minimum atomic E-state index is 0.736. The third-order valence-corrected chi connectivity index (χ3v) is 5.92. The van der Waals surface area contributed by atoms with E-state index in [0.29, 0.717) is 0 Å². The second-order valence-electron chi connectivity index (χ2n) is 6.46. The molecule has 0 saturated carbocycles. The molecule has 0 aromatic carbocycles. The molecule has 0 amide bonds. The van der Waals surface area contributed by atoms with Gasteiger partial charge in [0, 0.05) is 39.1 Å². The van der Waals surface area contributed by atoms with Crippen LogP contribution in [0.1, 0.15) is 35.7 Å². The molecule has 7 nitrogen and oxygen atoms in total. The minimum absolute atomic E-state index is 0.736. The summed E-state index contributed by atoms with van der Waals surface area (Å²) in [7, 11) is 0. The van der Waals surface area contributed by atoms with Crippen LogP contribution in [0.5, 0.6) is 0 Å². The highest BCUT2D eigenvalue weighted by Crippen LogP contribution is 2.28. The van der Waals surface area contributed by atoms with Gasteiger partial charge < -0.3 is 9.47 Å². The highest BCUT2D eigenvalue weighted by Gasteiger charge is 2.24. The van der Waals surface area contributed by atoms with E-state index in [2.05, 4.69) is 35.0 Å². The van der Waals surface area contributed by atoms with Crippen LogP contribution in [0.4, 0.5) is 5.00 Å². The largest absolute Gasteiger partial charge is 0.359 e. The maximum atomic E-state index is 9.32. The Kier molecular flexibility index (Phi) is 4.21. The zero-order chi connectivity index (χ0) is 16.5. The molecule has 4 heterocycles. The Hall–Kier alpha value is -1.98. The normalized spacial score (nSPS) is 18.4. The molecule has 1 saturated heterocycles. The van der Waals surface area contributed by atoms with Crippen molar-refractivity contribution in [2.45, 2.75) is 39.3 Å². The van der Waals surface area contributed by atoms with E-state index in [0.717, 1.165) is 73.6 Å². The Morgan fingerprint density at radius 1 is 1.12 bits per heavy atom. The van der Waals surface area contributed by atoms with Crippen LogP contribution in [0.15, 0.2) is 0 Å². The molecule has 24 heavy (non-hydrogen) atoms. The zero-order valence-corrected chi connectivity index (χ0v) is 14.7. The van der Waals surface area contributed by atoms with Gasteiger partial charge in [0.1, 0.15) is 28.3 Å². The first-order valence-corrected chi connectivity index (χ1v) is 9.28. The number of aromatic nitrogens is 4. The molecule has 0 aliphatic carbocycles. The first kappa shape index (κ1) is 15.5. The van der Waals surface area contributed by atoms with E-state index in [1.807, 2.05) is 6.92 Å². The van der Waals surface area contributed by atoms with Crippen LogP contribution in [0, 0.1) is 18.3 Å². The molecule has 2 aromatic rings. The van der Waals surface area contributed by atoms with Crippen molar-refractivity contribution in [2.24, 2.45) is 0 Å². The molecule has 8 heteroatoms. The molecule has 0 bridgehead atoms. The summed E-state index contributed by atoms with van der Waals surface area (Å²) in [6.07, 6.45) is 3.52. The molecular formula is C16H21N7S. The van der Waals surface area contributed by atoms with Crippen molar-refractivity contribution in [3.63, 3.8) is 0 Å². The van der Waals surface area contributed by atoms with Crippen LogP contribution in [0.2, 0.25) is 0 Å². The van der Waals surface area contributed by atoms with Gasteiger partial charge in [0.25, 0.3) is 0 Å². The maximum Gasteiger partial charge on any atom is 0.147 e. The second kappa shape index (κ2) is 6.49. The third kappa shape index (κ3) is 2.78. The van der Waals surface area contributed by atoms with Gasteiger partial charge in [-0.05, 0) is 31.3 Å². The molecule has 0 unspecified atom stereocenters. The third-order valence-electron chi connectivity index (χ3n) is 4.92. The van der Waals surface area contributed by atoms with Crippen molar-refractivity contribution in [3.8, 4) is 6.07 Å². The van der Waals surface area contributed by atoms with Crippen LogP contribution in [-0.2, 0) is 19.5 Å². The smallest absolute Gasteiger partial charge is 0.147 e. The standard InChI is InChI=1S/C16H21N7S/c1-12-13(10-17)16(24-20-12)22-8-6-21(7-9-22)11-15-19-18-14-4-2-3-5-23(14)15/h2-9,11H2,1H3. The van der Waals surface area contributed by atoms with Gasteiger partial charge in [-0.2, -0.15) is 9.64 Å². The summed E-state index contributed by atoms with van der Waals surface area (Å²) >= 11 is 1.44. The highest BCUT2D eigenvalue weighted by atomic mass is 32.1. The van der Waals surface area contributed by atoms with Gasteiger partial charge in [-0.3, -0.25) is 4.90 Å². The Bertz CT molecular complexity index is 764. The summed E-state index contributed by atoms with van der Waals surface area (Å²) in [5.74, 6) is 2.25. The van der Waals surface area contributed by atoms with Crippen LogP contribution in [0.3, 0.4) is 0 Å². The fraction of sp³-hybridized carbons (Fsp3) is 0.625. The van der Waals surface area contributed by atoms with E-state index in [1.165, 1.54) is 24.4 Å². The first-order chi connectivity index (χ1) is 11.8. The number of nitrogens with zero attached hydrogens (tertiary/aromatic N) is 7. The van der Waals surface area contributed by atoms with Crippen LogP contribution < -0.4 is 4.90 Å². The molecule has 0 atom stereocenters. The van der Waals surface area contributed by atoms with Gasteiger partial charge in [-0.25, -0.2) is 0 Å². The van der Waals surface area contributed by atoms with Crippen molar-refractivity contribution in [3.05, 3.63) is 22.9 Å². The lowest BCUT2D eigenvalue weighted by Gasteiger charge is -2.35. The molecule has 0 radical (unpaired) electrons. The molecule has 2 aliphatic rings. The summed E-state index contributed by atoms with van der Waals surface area (Å²) in [5, 5.41) is 19.1. The van der Waals surface area contributed by atoms with Crippen molar-refractivity contribution in [1.29, 1.82) is 5.26 Å². The van der Waals surface area contributed by atoms with Gasteiger partial charge in [-0.15, -0.1) is 10.2 Å². The Balaban J connectivity index is 1.40. The molecule has 2 aromatic heterocycles. The minimum Gasteiger partial charge on any atom is -0.359 e. The van der Waals surface area contributed by atoms with Crippen LogP contribution in [0.25, 0.3) is 0 Å². The van der Waals surface area contributed by atoms with Crippen LogP contribution >= 0.6 is 11.5 Å². The summed E-state index contributed by atoms with van der Waals surface area (Å²) in [4.78, 5) is 4.72. The van der Waals surface area contributed by atoms with E-state index in [1.54, 1.807) is 0 Å². The SMILES string of the molecule is Cc1nsc(N2CCN(Cc3nnc4n3CCCC4)CC2)c1C#N. The van der Waals surface area contributed by atoms with E-state index < -0.39 is 0 Å². The summed E-state index contributed by atoms with van der Waals surface area (Å²) in [6.45, 7) is 7.64. The maximum absolute atomic E-state index is 9.32. The number of rotatable bonds is 3. The molecular weight excluding hydrogens is 322 g/mol. The van der Waals surface area contributed by atoms with Gasteiger partial charge in [0.15, 0.2) is 0 Å². The van der Waals surface area contributed by atoms with E-state index in [-0.39, 0.29) is 0 Å². The number of hydrogen-bond donors (Lipinski definition) is 0. The van der Waals surface area contributed by atoms with Gasteiger partial charge in [-0.1, -0.05) is 0 Å². The van der Waals surface area contributed by atoms with Gasteiger partial charge in [0.2, 0.25) is 0 Å². The number of nitriles is 1. The number of aryl methyl sites for hydroxylation is 2. The van der Waals surface area contributed by atoms with Crippen molar-refractivity contribution in [1.82, 2.24) is 24.0 Å². The summed E-state index contributed by atoms with van der Waals surface area (Å²) in [6, 6.07) is 2.29. The highest BCUT2D eigenvalue weighted by molar-refractivity contribution is 7.10. The van der Waals surface area contributed by atoms with E-state index >= 15 is 0 Å². The summed E-state index contributed by atoms with van der Waals surface area (Å²) in [5.41, 5.74) is 1.58. The zero-order valence-electron chi connectivity index (χ0n) is 13.9. The fourth-order valence-electron chi connectivity index (χ4n) is 3.50. The quantitative estimate of drug-likeness (QED) is 0.842. The Labute approximate surface area is 145 Å². The first-order valence-electron chi connectivity index (χ1n) is 8.51. The predicted octanol–water partition coefficient (Wildman–Crippen LogP) is 1.57. The lowest BCUT2D eigenvalue weighted by atomic mass is 10.1. The van der Waals surface area contributed by atoms with E-state index in [4.69, 9.17) is 0 Å². The molecule has 126 valence electrons.